The second-order valence-electron chi connectivity index (χ2n) is 19.3. The number of carbonyl (C=O) groups is 8. The number of phenols is 2. The fourth-order valence-corrected chi connectivity index (χ4v) is 6.74. The highest BCUT2D eigenvalue weighted by molar-refractivity contribution is 5.81. The van der Waals surface area contributed by atoms with Crippen molar-refractivity contribution in [3.63, 3.8) is 0 Å². The number of nitrogens with one attached hydrogen (secondary N) is 12. The molecule has 0 bridgehead atoms. The number of phenolic OH excluding ortho intramolecular Hbond substituents is 2. The van der Waals surface area contributed by atoms with Crippen LogP contribution in [0, 0.1) is 5.92 Å². The summed E-state index contributed by atoms with van der Waals surface area (Å²) in [7, 11) is 0. The zero-order valence-electron chi connectivity index (χ0n) is 46.3. The van der Waals surface area contributed by atoms with Crippen LogP contribution < -0.4 is 92.5 Å². The van der Waals surface area contributed by atoms with Gasteiger partial charge < -0.3 is 103 Å². The number of hydrogen-bond acceptors (Lipinski definition) is 13. The normalized spacial score (nSPS) is 13.5. The third-order valence-electron chi connectivity index (χ3n) is 11.1. The molecule has 0 saturated carbocycles. The number of amides is 14. The second-order valence-corrected chi connectivity index (χ2v) is 19.3. The van der Waals surface area contributed by atoms with Crippen LogP contribution in [0.25, 0.3) is 0 Å². The lowest BCUT2D eigenvalue weighted by Gasteiger charge is -2.25. The lowest BCUT2D eigenvalue weighted by Crippen LogP contribution is -2.55. The SMILES string of the molecule is CC(=O)NC[C@H](C)NC(=O)[C@H](C)N.CC(C)[C@@H](CNC(=O)N[C@H](CNC(N)=O)Cc1ccc(O)cc1)NC(=O)NC[C@H](C)NC(=O)NC[C@@H](N)Cc1ccc(O)cc1.C[C@@H](CNC(N)=O)NC(=O)NC[C@@H](N)Cc1ccccc1. The van der Waals surface area contributed by atoms with Gasteiger partial charge in [-0.2, -0.15) is 0 Å². The molecule has 3 rings (SSSR count). The number of aromatic hydroxyl groups is 2. The molecule has 0 spiro atoms. The molecule has 8 atom stereocenters. The van der Waals surface area contributed by atoms with Gasteiger partial charge in [-0.1, -0.05) is 68.4 Å². The molecule has 0 aliphatic heterocycles. The van der Waals surface area contributed by atoms with Crippen LogP contribution in [0.1, 0.15) is 65.2 Å². The van der Waals surface area contributed by atoms with E-state index in [0.29, 0.717) is 32.4 Å². The summed E-state index contributed by atoms with van der Waals surface area (Å²) in [5.41, 5.74) is 30.4. The third kappa shape index (κ3) is 35.6. The van der Waals surface area contributed by atoms with Crippen LogP contribution in [0.15, 0.2) is 78.9 Å². The Balaban J connectivity index is 0.000000749. The van der Waals surface area contributed by atoms with E-state index in [1.165, 1.54) is 19.1 Å². The molecule has 0 radical (unpaired) electrons. The van der Waals surface area contributed by atoms with Gasteiger partial charge in [-0.25, -0.2) is 28.8 Å². The third-order valence-corrected chi connectivity index (χ3v) is 11.1. The van der Waals surface area contributed by atoms with Crippen molar-refractivity contribution in [2.75, 3.05) is 45.8 Å². The van der Waals surface area contributed by atoms with Gasteiger partial charge in [-0.05, 0) is 93.8 Å². The van der Waals surface area contributed by atoms with Gasteiger partial charge in [-0.3, -0.25) is 9.59 Å². The highest BCUT2D eigenvalue weighted by atomic mass is 16.3. The lowest BCUT2D eigenvalue weighted by molar-refractivity contribution is -0.123. The molecule has 0 fully saturated rings. The van der Waals surface area contributed by atoms with E-state index in [0.717, 1.165) is 16.7 Å². The number of primary amides is 2. The molecule has 3 aromatic carbocycles. The van der Waals surface area contributed by atoms with Gasteiger partial charge in [0.25, 0.3) is 0 Å². The zero-order chi connectivity index (χ0) is 59.5. The predicted octanol–water partition coefficient (Wildman–Crippen LogP) is -0.555. The molecule has 14 amide bonds. The van der Waals surface area contributed by atoms with E-state index >= 15 is 0 Å². The first-order chi connectivity index (χ1) is 37.2. The Morgan fingerprint density at radius 3 is 1.27 bits per heavy atom. The van der Waals surface area contributed by atoms with Gasteiger partial charge in [0.05, 0.1) is 18.1 Å². The Morgan fingerprint density at radius 1 is 0.430 bits per heavy atom. The maximum atomic E-state index is 12.7. The Bertz CT molecular complexity index is 2300. The molecule has 27 heteroatoms. The van der Waals surface area contributed by atoms with Crippen LogP contribution in [-0.2, 0) is 28.9 Å². The van der Waals surface area contributed by atoms with Crippen molar-refractivity contribution >= 4 is 48.0 Å². The Hall–Kier alpha value is -8.30. The predicted molar refractivity (Wildman–Crippen MR) is 302 cm³/mol. The van der Waals surface area contributed by atoms with Gasteiger partial charge in [0.15, 0.2) is 0 Å². The summed E-state index contributed by atoms with van der Waals surface area (Å²) < 4.78 is 0. The summed E-state index contributed by atoms with van der Waals surface area (Å²) in [4.78, 5) is 92.5. The van der Waals surface area contributed by atoms with Crippen LogP contribution in [-0.4, -0.2) is 152 Å². The van der Waals surface area contributed by atoms with Gasteiger partial charge >= 0.3 is 36.2 Å². The Labute approximate surface area is 462 Å². The first-order valence-corrected chi connectivity index (χ1v) is 25.9. The molecule has 27 nitrogen and oxygen atoms in total. The molecular weight excluding hydrogens is 1020 g/mol. The van der Waals surface area contributed by atoms with Crippen molar-refractivity contribution in [2.24, 2.45) is 34.6 Å². The molecule has 79 heavy (non-hydrogen) atoms. The van der Waals surface area contributed by atoms with Crippen LogP contribution in [0.5, 0.6) is 11.5 Å². The molecule has 0 heterocycles. The zero-order valence-corrected chi connectivity index (χ0v) is 46.3. The summed E-state index contributed by atoms with van der Waals surface area (Å²) in [6.07, 6.45) is 1.59. The van der Waals surface area contributed by atoms with E-state index in [-0.39, 0.29) is 98.2 Å². The van der Waals surface area contributed by atoms with Gasteiger partial charge in [0, 0.05) is 82.9 Å². The number of nitrogens with two attached hydrogens (primary N) is 5. The summed E-state index contributed by atoms with van der Waals surface area (Å²) in [5, 5.41) is 51.0. The summed E-state index contributed by atoms with van der Waals surface area (Å²) in [5.74, 6) is -0.0551. The fraction of sp³-hybridized carbons (Fsp3) is 0.500. The number of urea groups is 6. The van der Waals surface area contributed by atoms with E-state index in [9.17, 15) is 48.6 Å². The van der Waals surface area contributed by atoms with Crippen molar-refractivity contribution in [3.05, 3.63) is 95.6 Å². The highest BCUT2D eigenvalue weighted by Crippen LogP contribution is 2.12. The Kier molecular flexibility index (Phi) is 33.3. The molecule has 0 aromatic heterocycles. The average Bonchev–Trinajstić information content (AvgIpc) is 3.38. The summed E-state index contributed by atoms with van der Waals surface area (Å²) in [6, 6.07) is 17.4. The topological polar surface area (TPSA) is 451 Å². The fourth-order valence-electron chi connectivity index (χ4n) is 6.74. The molecular formula is C52H87N17O10. The minimum atomic E-state index is -0.723. The number of hydrogen-bond donors (Lipinski definition) is 19. The molecule has 0 aliphatic rings. The highest BCUT2D eigenvalue weighted by Gasteiger charge is 2.20. The number of benzene rings is 3. The first-order valence-electron chi connectivity index (χ1n) is 25.9. The molecule has 440 valence electrons. The smallest absolute Gasteiger partial charge is 0.315 e. The van der Waals surface area contributed by atoms with Crippen LogP contribution in [0.2, 0.25) is 0 Å². The second kappa shape index (κ2) is 38.3. The maximum absolute atomic E-state index is 12.7. The van der Waals surface area contributed by atoms with Crippen LogP contribution in [0.3, 0.4) is 0 Å². The summed E-state index contributed by atoms with van der Waals surface area (Å²) >= 11 is 0. The summed E-state index contributed by atoms with van der Waals surface area (Å²) in [6.45, 7) is 13.8. The standard InChI is InChI=1S/C30H47N9O6.C14H23N5O2.C8H17N3O2/c1-18(2)26(17-36-29(44)38-23(16-33-27(32)42)13-21-6-10-25(41)11-7-21)39-30(45)34-14-19(3)37-28(43)35-15-22(31)12-20-4-8-24(40)9-5-20;1-10(8-17-13(16)20)19-14(21)18-9-12(15)7-11-5-3-2-4-6-11;1-5(4-10-7(3)12)11-8(13)6(2)9/h4-11,18-19,22-23,26,40-41H,12-17,31H2,1-3H3,(H3,32,33,42)(H2,34,39,45)(H2,35,37,43)(H2,36,38,44);2-6,10,12H,7-9,15H2,1H3,(H3,16,17,20)(H2,18,19,21);5-6H,4,9H2,1-3H3,(H,10,12)(H,11,13)/t19-,22-,23-,26+;10-,12-;5-,6-/m000/s1. The molecule has 24 N–H and O–H groups in total. The molecule has 0 unspecified atom stereocenters. The number of rotatable bonds is 27. The molecule has 0 saturated heterocycles. The van der Waals surface area contributed by atoms with E-state index in [2.05, 4.69) is 63.8 Å². The molecule has 3 aromatic rings. The largest absolute Gasteiger partial charge is 0.508 e. The van der Waals surface area contributed by atoms with E-state index in [4.69, 9.17) is 28.7 Å². The van der Waals surface area contributed by atoms with Gasteiger partial charge in [0.2, 0.25) is 11.8 Å². The monoisotopic (exact) mass is 1110 g/mol. The minimum absolute atomic E-state index is 0.0208. The Morgan fingerprint density at radius 2 is 0.810 bits per heavy atom. The van der Waals surface area contributed by atoms with Crippen molar-refractivity contribution in [3.8, 4) is 11.5 Å². The first kappa shape index (κ1) is 68.7. The lowest BCUT2D eigenvalue weighted by atomic mass is 10.0. The van der Waals surface area contributed by atoms with E-state index < -0.39 is 48.3 Å². The van der Waals surface area contributed by atoms with E-state index in [1.807, 2.05) is 44.2 Å². The van der Waals surface area contributed by atoms with Crippen molar-refractivity contribution in [1.82, 2.24) is 63.8 Å². The van der Waals surface area contributed by atoms with Crippen LogP contribution >= 0.6 is 0 Å². The van der Waals surface area contributed by atoms with Crippen LogP contribution in [0.4, 0.5) is 28.8 Å². The van der Waals surface area contributed by atoms with E-state index in [1.54, 1.807) is 64.1 Å². The van der Waals surface area contributed by atoms with Crippen molar-refractivity contribution in [2.45, 2.75) is 116 Å². The maximum Gasteiger partial charge on any atom is 0.315 e. The quantitative estimate of drug-likeness (QED) is 0.0456. The van der Waals surface area contributed by atoms with Crippen molar-refractivity contribution in [1.29, 1.82) is 0 Å². The number of carbonyl (C=O) groups excluding carboxylic acids is 8. The minimum Gasteiger partial charge on any atom is -0.508 e. The molecule has 0 aliphatic carbocycles. The van der Waals surface area contributed by atoms with Gasteiger partial charge in [0.1, 0.15) is 11.5 Å². The van der Waals surface area contributed by atoms with Gasteiger partial charge in [-0.15, -0.1) is 0 Å². The van der Waals surface area contributed by atoms with Crippen molar-refractivity contribution < 1.29 is 48.6 Å². The average molecular weight is 1110 g/mol.